The van der Waals surface area contributed by atoms with Crippen LogP contribution in [-0.4, -0.2) is 64.2 Å². The van der Waals surface area contributed by atoms with Crippen LogP contribution in [0.3, 0.4) is 0 Å². The normalized spacial score (nSPS) is 13.9. The fourth-order valence-electron chi connectivity index (χ4n) is 4.76. The molecule has 3 aromatic rings. The molecule has 1 aliphatic heterocycles. The van der Waals surface area contributed by atoms with Crippen LogP contribution in [0.4, 0.5) is 17.1 Å². The van der Waals surface area contributed by atoms with Crippen LogP contribution in [0.25, 0.3) is 11.3 Å². The van der Waals surface area contributed by atoms with Gasteiger partial charge in [0.1, 0.15) is 0 Å². The zero-order valence-electron chi connectivity index (χ0n) is 23.8. The summed E-state index contributed by atoms with van der Waals surface area (Å²) in [5.74, 6) is -0.757. The van der Waals surface area contributed by atoms with Crippen LogP contribution >= 0.6 is 0 Å². The van der Waals surface area contributed by atoms with Crippen molar-refractivity contribution in [2.75, 3.05) is 54.0 Å². The summed E-state index contributed by atoms with van der Waals surface area (Å²) < 4.78 is 31.7. The summed E-state index contributed by atoms with van der Waals surface area (Å²) in [6.45, 7) is 8.75. The molecule has 1 heterocycles. The van der Waals surface area contributed by atoms with E-state index in [4.69, 9.17) is 4.74 Å². The number of carbonyl (C=O) groups excluding carboxylic acids is 2. The largest absolute Gasteiger partial charge is 0.462 e. The van der Waals surface area contributed by atoms with E-state index >= 15 is 0 Å². The SMILES string of the molecule is CCOC(=O)c1ccc2c(c1)NC(=O)C2=C(Nc1ccc(N(CCN(CC)CC)S(C)(=O)=O)cc1)c1ccccc1. The van der Waals surface area contributed by atoms with Gasteiger partial charge in [-0.1, -0.05) is 50.2 Å². The highest BCUT2D eigenvalue weighted by Crippen LogP contribution is 2.38. The van der Waals surface area contributed by atoms with Crippen LogP contribution in [0.15, 0.2) is 72.8 Å². The van der Waals surface area contributed by atoms with Gasteiger partial charge >= 0.3 is 5.97 Å². The number of sulfonamides is 1. The molecule has 0 aromatic heterocycles. The number of hydrogen-bond acceptors (Lipinski definition) is 7. The molecule has 3 aromatic carbocycles. The van der Waals surface area contributed by atoms with Crippen molar-refractivity contribution in [2.45, 2.75) is 20.8 Å². The second-order valence-electron chi connectivity index (χ2n) is 9.58. The van der Waals surface area contributed by atoms with E-state index in [9.17, 15) is 18.0 Å². The van der Waals surface area contributed by atoms with Gasteiger partial charge in [0.05, 0.1) is 41.1 Å². The minimum Gasteiger partial charge on any atom is -0.462 e. The van der Waals surface area contributed by atoms with Gasteiger partial charge in [-0.15, -0.1) is 0 Å². The Morgan fingerprint density at radius 3 is 2.20 bits per heavy atom. The number of nitrogens with one attached hydrogen (secondary N) is 2. The fraction of sp³-hybridized carbons (Fsp3) is 0.290. The first-order chi connectivity index (χ1) is 19.7. The summed E-state index contributed by atoms with van der Waals surface area (Å²) >= 11 is 0. The number of esters is 1. The smallest absolute Gasteiger partial charge is 0.338 e. The number of nitrogens with zero attached hydrogens (tertiary/aromatic N) is 2. The number of ether oxygens (including phenoxy) is 1. The molecule has 0 saturated heterocycles. The summed E-state index contributed by atoms with van der Waals surface area (Å²) in [4.78, 5) is 27.7. The summed E-state index contributed by atoms with van der Waals surface area (Å²) in [6, 6.07) is 21.6. The first-order valence-electron chi connectivity index (χ1n) is 13.7. The van der Waals surface area contributed by atoms with Crippen molar-refractivity contribution in [3.05, 3.63) is 89.5 Å². The maximum atomic E-state index is 13.3. The Morgan fingerprint density at radius 2 is 1.59 bits per heavy atom. The van der Waals surface area contributed by atoms with Crippen LogP contribution in [-0.2, 0) is 19.6 Å². The molecular weight excluding hydrogens is 540 g/mol. The van der Waals surface area contributed by atoms with Crippen LogP contribution in [0, 0.1) is 0 Å². The van der Waals surface area contributed by atoms with Gasteiger partial charge < -0.3 is 20.3 Å². The van der Waals surface area contributed by atoms with Gasteiger partial charge in [-0.05, 0) is 62.0 Å². The summed E-state index contributed by atoms with van der Waals surface area (Å²) in [5.41, 5.74) is 4.59. The lowest BCUT2D eigenvalue weighted by Crippen LogP contribution is -2.38. The van der Waals surface area contributed by atoms with Crippen molar-refractivity contribution in [3.63, 3.8) is 0 Å². The number of amides is 1. The van der Waals surface area contributed by atoms with Crippen molar-refractivity contribution in [3.8, 4) is 0 Å². The Bertz CT molecular complexity index is 1530. The van der Waals surface area contributed by atoms with Crippen molar-refractivity contribution in [1.29, 1.82) is 0 Å². The number of anilines is 3. The number of rotatable bonds is 12. The molecule has 1 amide bonds. The first-order valence-corrected chi connectivity index (χ1v) is 15.5. The number of fused-ring (bicyclic) bond motifs is 1. The second-order valence-corrected chi connectivity index (χ2v) is 11.5. The Labute approximate surface area is 241 Å². The Morgan fingerprint density at radius 1 is 0.902 bits per heavy atom. The highest BCUT2D eigenvalue weighted by Gasteiger charge is 2.29. The van der Waals surface area contributed by atoms with Crippen molar-refractivity contribution >= 4 is 50.2 Å². The van der Waals surface area contributed by atoms with E-state index in [0.29, 0.717) is 52.5 Å². The third-order valence-electron chi connectivity index (χ3n) is 6.93. The molecule has 0 spiro atoms. The van der Waals surface area contributed by atoms with Gasteiger partial charge in [-0.2, -0.15) is 0 Å². The molecular formula is C31H36N4O5S. The number of benzene rings is 3. The number of hydrogen-bond donors (Lipinski definition) is 2. The second kappa shape index (κ2) is 13.0. The third kappa shape index (κ3) is 6.96. The van der Waals surface area contributed by atoms with Crippen LogP contribution in [0.1, 0.15) is 42.3 Å². The quantitative estimate of drug-likeness (QED) is 0.233. The molecule has 0 fully saturated rings. The molecule has 9 nitrogen and oxygen atoms in total. The van der Waals surface area contributed by atoms with Gasteiger partial charge in [0.15, 0.2) is 0 Å². The van der Waals surface area contributed by atoms with E-state index in [1.54, 1.807) is 49.4 Å². The van der Waals surface area contributed by atoms with E-state index in [1.807, 2.05) is 30.3 Å². The molecule has 10 heteroatoms. The molecule has 0 atom stereocenters. The maximum absolute atomic E-state index is 13.3. The van der Waals surface area contributed by atoms with E-state index < -0.39 is 16.0 Å². The summed E-state index contributed by atoms with van der Waals surface area (Å²) in [7, 11) is -3.49. The van der Waals surface area contributed by atoms with Crippen LogP contribution in [0.5, 0.6) is 0 Å². The molecule has 0 bridgehead atoms. The van der Waals surface area contributed by atoms with Crippen molar-refractivity contribution in [1.82, 2.24) is 4.90 Å². The number of likely N-dealkylation sites (N-methyl/N-ethyl adjacent to an activating group) is 1. The topological polar surface area (TPSA) is 108 Å². The van der Waals surface area contributed by atoms with Gasteiger partial charge in [0, 0.05) is 24.3 Å². The molecule has 1 aliphatic rings. The first kappa shape index (κ1) is 29.8. The molecule has 0 radical (unpaired) electrons. The molecule has 2 N–H and O–H groups in total. The third-order valence-corrected chi connectivity index (χ3v) is 8.12. The monoisotopic (exact) mass is 576 g/mol. The lowest BCUT2D eigenvalue weighted by atomic mass is 9.99. The zero-order chi connectivity index (χ0) is 29.6. The Kier molecular flexibility index (Phi) is 9.46. The van der Waals surface area contributed by atoms with E-state index in [1.165, 1.54) is 10.6 Å². The molecule has 0 saturated carbocycles. The predicted octanol–water partition coefficient (Wildman–Crippen LogP) is 4.90. The fourth-order valence-corrected chi connectivity index (χ4v) is 5.68. The summed E-state index contributed by atoms with van der Waals surface area (Å²) in [5, 5.41) is 6.26. The van der Waals surface area contributed by atoms with Gasteiger partial charge in [-0.3, -0.25) is 9.10 Å². The van der Waals surface area contributed by atoms with Crippen molar-refractivity contribution < 1.29 is 22.7 Å². The Hall–Kier alpha value is -4.15. The predicted molar refractivity (Wildman–Crippen MR) is 164 cm³/mol. The number of carbonyl (C=O) groups is 2. The molecule has 0 unspecified atom stereocenters. The molecule has 41 heavy (non-hydrogen) atoms. The lowest BCUT2D eigenvalue weighted by Gasteiger charge is -2.26. The lowest BCUT2D eigenvalue weighted by molar-refractivity contribution is -0.110. The maximum Gasteiger partial charge on any atom is 0.338 e. The van der Waals surface area contributed by atoms with Gasteiger partial charge in [0.2, 0.25) is 10.0 Å². The van der Waals surface area contributed by atoms with Gasteiger partial charge in [-0.25, -0.2) is 13.2 Å². The average molecular weight is 577 g/mol. The Balaban J connectivity index is 1.69. The molecule has 4 rings (SSSR count). The highest BCUT2D eigenvalue weighted by atomic mass is 32.2. The molecule has 0 aliphatic carbocycles. The highest BCUT2D eigenvalue weighted by molar-refractivity contribution is 7.92. The van der Waals surface area contributed by atoms with E-state index in [0.717, 1.165) is 18.7 Å². The standard InChI is InChI=1S/C31H36N4O5S/c1-5-34(6-2)19-20-35(41(4,38)39)25-16-14-24(15-17-25)32-29(22-11-9-8-10-12-22)28-26-18-13-23(31(37)40-7-3)21-27(26)33-30(28)36/h8-18,21,32H,5-7,19-20H2,1-4H3,(H,33,36). The molecule has 216 valence electrons. The zero-order valence-corrected chi connectivity index (χ0v) is 24.6. The van der Waals surface area contributed by atoms with Crippen LogP contribution < -0.4 is 14.9 Å². The van der Waals surface area contributed by atoms with Gasteiger partial charge in [0.25, 0.3) is 5.91 Å². The van der Waals surface area contributed by atoms with Crippen LogP contribution in [0.2, 0.25) is 0 Å². The van der Waals surface area contributed by atoms with Crippen molar-refractivity contribution in [2.24, 2.45) is 0 Å². The van der Waals surface area contributed by atoms with E-state index in [-0.39, 0.29) is 12.5 Å². The minimum absolute atomic E-state index is 0.256. The summed E-state index contributed by atoms with van der Waals surface area (Å²) in [6.07, 6.45) is 1.21. The average Bonchev–Trinajstić information content (AvgIpc) is 3.29. The minimum atomic E-state index is -3.49. The van der Waals surface area contributed by atoms with E-state index in [2.05, 4.69) is 29.4 Å².